The lowest BCUT2D eigenvalue weighted by atomic mass is 10.2. The van der Waals surface area contributed by atoms with Crippen LogP contribution in [0.5, 0.6) is 0 Å². The molecule has 1 amide bonds. The average Bonchev–Trinajstić information content (AvgIpc) is 2.53. The van der Waals surface area contributed by atoms with Gasteiger partial charge in [0, 0.05) is 18.4 Å². The predicted octanol–water partition coefficient (Wildman–Crippen LogP) is 1.88. The molecular formula is C15H18N4O2. The standard InChI is InChI=1S/C15H18N4O2/c16-14(19-21)7-3-4-10-17-15(20)13-9-8-11-5-1-2-6-12(11)18-13/h1-2,5-6,8-9,21H,3-4,7,10H2,(H2,16,19)(H,17,20). The highest BCUT2D eigenvalue weighted by Crippen LogP contribution is 2.11. The number of amides is 1. The first kappa shape index (κ1) is 14.8. The number of nitrogens with zero attached hydrogens (tertiary/aromatic N) is 2. The molecule has 0 bridgehead atoms. The van der Waals surface area contributed by atoms with Crippen LogP contribution in [0.1, 0.15) is 29.8 Å². The van der Waals surface area contributed by atoms with Gasteiger partial charge in [0.15, 0.2) is 0 Å². The molecule has 0 radical (unpaired) electrons. The highest BCUT2D eigenvalue weighted by molar-refractivity contribution is 5.94. The lowest BCUT2D eigenvalue weighted by Gasteiger charge is -2.05. The van der Waals surface area contributed by atoms with Crippen LogP contribution >= 0.6 is 0 Å². The SMILES string of the molecule is NC(CCCCNC(=O)c1ccc2ccccc2n1)=NO. The number of hydrogen-bond donors (Lipinski definition) is 3. The van der Waals surface area contributed by atoms with E-state index in [1.165, 1.54) is 0 Å². The van der Waals surface area contributed by atoms with E-state index < -0.39 is 0 Å². The van der Waals surface area contributed by atoms with Crippen molar-refractivity contribution >= 4 is 22.6 Å². The maximum Gasteiger partial charge on any atom is 0.269 e. The van der Waals surface area contributed by atoms with Crippen LogP contribution in [-0.2, 0) is 0 Å². The molecule has 0 saturated heterocycles. The van der Waals surface area contributed by atoms with Crippen LogP contribution in [0.25, 0.3) is 10.9 Å². The normalized spacial score (nSPS) is 11.5. The minimum Gasteiger partial charge on any atom is -0.409 e. The molecule has 0 aliphatic heterocycles. The van der Waals surface area contributed by atoms with Gasteiger partial charge in [-0.1, -0.05) is 29.4 Å². The summed E-state index contributed by atoms with van der Waals surface area (Å²) in [6, 6.07) is 11.3. The number of benzene rings is 1. The minimum absolute atomic E-state index is 0.190. The highest BCUT2D eigenvalue weighted by atomic mass is 16.4. The van der Waals surface area contributed by atoms with Crippen molar-refractivity contribution in [2.75, 3.05) is 6.54 Å². The first-order valence-corrected chi connectivity index (χ1v) is 6.81. The van der Waals surface area contributed by atoms with Crippen molar-refractivity contribution in [1.82, 2.24) is 10.3 Å². The topological polar surface area (TPSA) is 101 Å². The molecular weight excluding hydrogens is 268 g/mol. The fourth-order valence-corrected chi connectivity index (χ4v) is 1.97. The van der Waals surface area contributed by atoms with Crippen molar-refractivity contribution in [2.24, 2.45) is 10.9 Å². The summed E-state index contributed by atoms with van der Waals surface area (Å²) in [5.41, 5.74) is 6.57. The number of amidine groups is 1. The van der Waals surface area contributed by atoms with Gasteiger partial charge >= 0.3 is 0 Å². The Labute approximate surface area is 122 Å². The molecule has 0 saturated carbocycles. The van der Waals surface area contributed by atoms with Crippen molar-refractivity contribution in [3.8, 4) is 0 Å². The maximum absolute atomic E-state index is 12.0. The smallest absolute Gasteiger partial charge is 0.269 e. The monoisotopic (exact) mass is 286 g/mol. The van der Waals surface area contributed by atoms with Gasteiger partial charge in [0.05, 0.1) is 5.52 Å². The van der Waals surface area contributed by atoms with Crippen molar-refractivity contribution in [3.63, 3.8) is 0 Å². The lowest BCUT2D eigenvalue weighted by Crippen LogP contribution is -2.25. The molecule has 0 unspecified atom stereocenters. The van der Waals surface area contributed by atoms with E-state index in [0.29, 0.717) is 18.7 Å². The fourth-order valence-electron chi connectivity index (χ4n) is 1.97. The number of aromatic nitrogens is 1. The van der Waals surface area contributed by atoms with Gasteiger partial charge in [0.1, 0.15) is 11.5 Å². The van der Waals surface area contributed by atoms with Gasteiger partial charge in [-0.3, -0.25) is 4.79 Å². The number of nitrogens with one attached hydrogen (secondary N) is 1. The van der Waals surface area contributed by atoms with Crippen molar-refractivity contribution in [1.29, 1.82) is 0 Å². The summed E-state index contributed by atoms with van der Waals surface area (Å²) in [6.07, 6.45) is 2.03. The third-order valence-corrected chi connectivity index (χ3v) is 3.10. The largest absolute Gasteiger partial charge is 0.409 e. The number of rotatable bonds is 6. The molecule has 110 valence electrons. The molecule has 1 heterocycles. The van der Waals surface area contributed by atoms with Gasteiger partial charge in [0.2, 0.25) is 0 Å². The number of hydrogen-bond acceptors (Lipinski definition) is 4. The van der Waals surface area contributed by atoms with E-state index in [4.69, 9.17) is 10.9 Å². The molecule has 0 aliphatic rings. The van der Waals surface area contributed by atoms with Crippen LogP contribution in [0.3, 0.4) is 0 Å². The van der Waals surface area contributed by atoms with Crippen LogP contribution in [0.2, 0.25) is 0 Å². The predicted molar refractivity (Wildman–Crippen MR) is 81.3 cm³/mol. The number of carbonyl (C=O) groups is 1. The fraction of sp³-hybridized carbons (Fsp3) is 0.267. The molecule has 6 nitrogen and oxygen atoms in total. The summed E-state index contributed by atoms with van der Waals surface area (Å²) in [5.74, 6) is 0.0158. The zero-order valence-corrected chi connectivity index (χ0v) is 11.6. The van der Waals surface area contributed by atoms with Gasteiger partial charge in [-0.15, -0.1) is 0 Å². The second-order valence-electron chi connectivity index (χ2n) is 4.69. The molecule has 0 fully saturated rings. The second kappa shape index (κ2) is 7.23. The van der Waals surface area contributed by atoms with Crippen molar-refractivity contribution < 1.29 is 10.0 Å². The molecule has 6 heteroatoms. The van der Waals surface area contributed by atoms with E-state index in [-0.39, 0.29) is 11.7 Å². The Hall–Kier alpha value is -2.63. The van der Waals surface area contributed by atoms with E-state index in [2.05, 4.69) is 15.5 Å². The summed E-state index contributed by atoms with van der Waals surface area (Å²) >= 11 is 0. The number of fused-ring (bicyclic) bond motifs is 1. The zero-order valence-electron chi connectivity index (χ0n) is 11.6. The van der Waals surface area contributed by atoms with E-state index in [9.17, 15) is 4.79 Å². The third-order valence-electron chi connectivity index (χ3n) is 3.10. The summed E-state index contributed by atoms with van der Waals surface area (Å²) in [4.78, 5) is 16.3. The first-order chi connectivity index (χ1) is 10.2. The quantitative estimate of drug-likeness (QED) is 0.248. The molecule has 0 aliphatic carbocycles. The van der Waals surface area contributed by atoms with E-state index in [1.807, 2.05) is 30.3 Å². The molecule has 1 aromatic carbocycles. The van der Waals surface area contributed by atoms with Gasteiger partial charge in [-0.2, -0.15) is 0 Å². The number of oxime groups is 1. The molecule has 0 spiro atoms. The molecule has 2 aromatic rings. The number of unbranched alkanes of at least 4 members (excludes halogenated alkanes) is 1. The average molecular weight is 286 g/mol. The van der Waals surface area contributed by atoms with Gasteiger partial charge in [-0.25, -0.2) is 4.98 Å². The van der Waals surface area contributed by atoms with E-state index in [1.54, 1.807) is 6.07 Å². The van der Waals surface area contributed by atoms with Crippen LogP contribution in [0, 0.1) is 0 Å². The van der Waals surface area contributed by atoms with Crippen LogP contribution in [-0.4, -0.2) is 28.5 Å². The molecule has 0 atom stereocenters. The number of nitrogens with two attached hydrogens (primary N) is 1. The van der Waals surface area contributed by atoms with Gasteiger partial charge in [0.25, 0.3) is 5.91 Å². The highest BCUT2D eigenvalue weighted by Gasteiger charge is 2.07. The summed E-state index contributed by atoms with van der Waals surface area (Å²) in [6.45, 7) is 0.534. The third kappa shape index (κ3) is 4.17. The Bertz CT molecular complexity index is 655. The zero-order chi connectivity index (χ0) is 15.1. The molecule has 4 N–H and O–H groups in total. The van der Waals surface area contributed by atoms with E-state index >= 15 is 0 Å². The van der Waals surface area contributed by atoms with Gasteiger partial charge < -0.3 is 16.3 Å². The second-order valence-corrected chi connectivity index (χ2v) is 4.69. The van der Waals surface area contributed by atoms with Crippen LogP contribution in [0.15, 0.2) is 41.6 Å². The number of carbonyl (C=O) groups excluding carboxylic acids is 1. The summed E-state index contributed by atoms with van der Waals surface area (Å²) in [7, 11) is 0. The number of pyridine rings is 1. The Kier molecular flexibility index (Phi) is 5.09. The Balaban J connectivity index is 1.84. The first-order valence-electron chi connectivity index (χ1n) is 6.81. The summed E-state index contributed by atoms with van der Waals surface area (Å²) < 4.78 is 0. The maximum atomic E-state index is 12.0. The molecule has 21 heavy (non-hydrogen) atoms. The molecule has 1 aromatic heterocycles. The summed E-state index contributed by atoms with van der Waals surface area (Å²) in [5, 5.41) is 15.1. The van der Waals surface area contributed by atoms with Crippen LogP contribution < -0.4 is 11.1 Å². The van der Waals surface area contributed by atoms with Crippen LogP contribution in [0.4, 0.5) is 0 Å². The Morgan fingerprint density at radius 3 is 2.86 bits per heavy atom. The van der Waals surface area contributed by atoms with Crippen molar-refractivity contribution in [3.05, 3.63) is 42.1 Å². The van der Waals surface area contributed by atoms with Crippen molar-refractivity contribution in [2.45, 2.75) is 19.3 Å². The Morgan fingerprint density at radius 1 is 1.24 bits per heavy atom. The van der Waals surface area contributed by atoms with Gasteiger partial charge in [-0.05, 0) is 25.0 Å². The molecule has 2 rings (SSSR count). The minimum atomic E-state index is -0.190. The Morgan fingerprint density at radius 2 is 2.05 bits per heavy atom. The number of para-hydroxylation sites is 1. The lowest BCUT2D eigenvalue weighted by molar-refractivity contribution is 0.0948. The van der Waals surface area contributed by atoms with E-state index in [0.717, 1.165) is 23.7 Å².